The molecule has 16 heavy (non-hydrogen) atoms. The summed E-state index contributed by atoms with van der Waals surface area (Å²) in [6, 6.07) is 0. The monoisotopic (exact) mass is 237 g/mol. The summed E-state index contributed by atoms with van der Waals surface area (Å²) in [7, 11) is 0. The van der Waals surface area contributed by atoms with Crippen molar-refractivity contribution < 1.29 is 19.0 Å². The van der Waals surface area contributed by atoms with E-state index in [9.17, 15) is 13.9 Å². The van der Waals surface area contributed by atoms with Crippen molar-refractivity contribution in [2.45, 2.75) is 44.1 Å². The van der Waals surface area contributed by atoms with Crippen LogP contribution in [0.1, 0.15) is 32.1 Å². The maximum absolute atomic E-state index is 12.6. The van der Waals surface area contributed by atoms with Crippen molar-refractivity contribution in [1.29, 1.82) is 0 Å². The summed E-state index contributed by atoms with van der Waals surface area (Å²) in [4.78, 5) is 0. The first-order valence-electron chi connectivity index (χ1n) is 5.91. The van der Waals surface area contributed by atoms with Gasteiger partial charge in [0.2, 0.25) is 0 Å². The average molecular weight is 237 g/mol. The molecule has 1 atom stereocenters. The van der Waals surface area contributed by atoms with Crippen LogP contribution < -0.4 is 5.32 Å². The molecule has 0 aliphatic heterocycles. The first-order chi connectivity index (χ1) is 7.53. The minimum absolute atomic E-state index is 0.173. The summed E-state index contributed by atoms with van der Waals surface area (Å²) in [5.41, 5.74) is 0. The van der Waals surface area contributed by atoms with Crippen LogP contribution in [-0.2, 0) is 0 Å². The van der Waals surface area contributed by atoms with Crippen molar-refractivity contribution >= 4 is 0 Å². The Kier molecular flexibility index (Phi) is 5.58. The molecular weight excluding hydrogens is 216 g/mol. The number of aliphatic hydroxyl groups excluding tert-OH is 2. The number of halogens is 2. The number of hydrogen-bond donors (Lipinski definition) is 3. The molecule has 0 radical (unpaired) electrons. The number of hydrogen-bond acceptors (Lipinski definition) is 3. The van der Waals surface area contributed by atoms with Gasteiger partial charge in [0.1, 0.15) is 6.61 Å². The quantitative estimate of drug-likeness (QED) is 0.622. The van der Waals surface area contributed by atoms with Crippen LogP contribution in [0.5, 0.6) is 0 Å². The Bertz CT molecular complexity index is 196. The topological polar surface area (TPSA) is 52.5 Å². The van der Waals surface area contributed by atoms with Crippen LogP contribution in [0.4, 0.5) is 8.78 Å². The van der Waals surface area contributed by atoms with Gasteiger partial charge < -0.3 is 15.5 Å². The van der Waals surface area contributed by atoms with Crippen molar-refractivity contribution in [1.82, 2.24) is 5.32 Å². The van der Waals surface area contributed by atoms with Crippen LogP contribution in [0, 0.1) is 5.92 Å². The van der Waals surface area contributed by atoms with Gasteiger partial charge in [-0.25, -0.2) is 8.78 Å². The highest BCUT2D eigenvalue weighted by molar-refractivity contribution is 4.74. The molecular formula is C11H21F2NO2. The van der Waals surface area contributed by atoms with Gasteiger partial charge in [-0.1, -0.05) is 25.7 Å². The predicted octanol–water partition coefficient (Wildman–Crippen LogP) is 1.14. The predicted molar refractivity (Wildman–Crippen MR) is 57.5 cm³/mol. The second-order valence-corrected chi connectivity index (χ2v) is 4.68. The van der Waals surface area contributed by atoms with E-state index >= 15 is 0 Å². The molecule has 0 aromatic heterocycles. The molecule has 1 unspecified atom stereocenters. The van der Waals surface area contributed by atoms with Crippen molar-refractivity contribution in [3.63, 3.8) is 0 Å². The molecule has 1 aliphatic carbocycles. The molecule has 1 aliphatic rings. The van der Waals surface area contributed by atoms with Crippen LogP contribution in [0.2, 0.25) is 0 Å². The van der Waals surface area contributed by atoms with E-state index < -0.39 is 25.2 Å². The molecule has 1 saturated carbocycles. The van der Waals surface area contributed by atoms with Gasteiger partial charge in [0.25, 0.3) is 5.92 Å². The molecule has 0 saturated heterocycles. The lowest BCUT2D eigenvalue weighted by molar-refractivity contribution is -0.0490. The molecule has 0 bridgehead atoms. The highest BCUT2D eigenvalue weighted by Gasteiger charge is 2.27. The second-order valence-electron chi connectivity index (χ2n) is 4.68. The molecule has 0 heterocycles. The van der Waals surface area contributed by atoms with E-state index in [1.54, 1.807) is 0 Å². The normalized spacial score (nSPS) is 20.2. The summed E-state index contributed by atoms with van der Waals surface area (Å²) < 4.78 is 25.2. The summed E-state index contributed by atoms with van der Waals surface area (Å²) in [6.07, 6.45) is 4.85. The minimum Gasteiger partial charge on any atom is -0.392 e. The smallest absolute Gasteiger partial charge is 0.282 e. The minimum atomic E-state index is -3.09. The molecule has 3 N–H and O–H groups in total. The first kappa shape index (κ1) is 13.8. The van der Waals surface area contributed by atoms with E-state index in [1.165, 1.54) is 12.8 Å². The van der Waals surface area contributed by atoms with Crippen molar-refractivity contribution in [3.05, 3.63) is 0 Å². The van der Waals surface area contributed by atoms with Crippen LogP contribution >= 0.6 is 0 Å². The van der Waals surface area contributed by atoms with Crippen molar-refractivity contribution in [2.24, 2.45) is 5.92 Å². The van der Waals surface area contributed by atoms with Gasteiger partial charge in [-0.05, 0) is 12.3 Å². The largest absolute Gasteiger partial charge is 0.392 e. The van der Waals surface area contributed by atoms with Crippen LogP contribution in [0.15, 0.2) is 0 Å². The zero-order chi connectivity index (χ0) is 12.0. The van der Waals surface area contributed by atoms with E-state index in [0.717, 1.165) is 12.8 Å². The van der Waals surface area contributed by atoms with Crippen molar-refractivity contribution in [3.8, 4) is 0 Å². The third-order valence-electron chi connectivity index (χ3n) is 3.08. The zero-order valence-corrected chi connectivity index (χ0v) is 9.46. The van der Waals surface area contributed by atoms with E-state index in [4.69, 9.17) is 5.11 Å². The molecule has 1 fully saturated rings. The third kappa shape index (κ3) is 5.18. The van der Waals surface area contributed by atoms with Crippen molar-refractivity contribution in [2.75, 3.05) is 19.7 Å². The Morgan fingerprint density at radius 2 is 1.94 bits per heavy atom. The second kappa shape index (κ2) is 6.47. The molecule has 0 aromatic carbocycles. The Labute approximate surface area is 94.9 Å². The molecule has 96 valence electrons. The van der Waals surface area contributed by atoms with E-state index in [2.05, 4.69) is 5.32 Å². The van der Waals surface area contributed by atoms with Gasteiger partial charge >= 0.3 is 0 Å². The molecule has 0 spiro atoms. The first-order valence-corrected chi connectivity index (χ1v) is 5.91. The van der Waals surface area contributed by atoms with Crippen LogP contribution in [0.3, 0.4) is 0 Å². The lowest BCUT2D eigenvalue weighted by atomic mass is 10.00. The standard InChI is InChI=1S/C11H21F2NO2/c12-11(13,8-15)7-14-6-10(16)5-9-3-1-2-4-9/h9-10,14-16H,1-8H2. The summed E-state index contributed by atoms with van der Waals surface area (Å²) in [5.74, 6) is -2.54. The maximum Gasteiger partial charge on any atom is 0.282 e. The fraction of sp³-hybridized carbons (Fsp3) is 1.00. The van der Waals surface area contributed by atoms with Gasteiger partial charge in [0, 0.05) is 6.54 Å². The van der Waals surface area contributed by atoms with Gasteiger partial charge in [-0.2, -0.15) is 0 Å². The number of alkyl halides is 2. The van der Waals surface area contributed by atoms with Gasteiger partial charge in [-0.3, -0.25) is 0 Å². The number of aliphatic hydroxyl groups is 2. The molecule has 3 nitrogen and oxygen atoms in total. The fourth-order valence-electron chi connectivity index (χ4n) is 2.19. The summed E-state index contributed by atoms with van der Waals surface area (Å²) >= 11 is 0. The molecule has 1 rings (SSSR count). The Morgan fingerprint density at radius 3 is 2.50 bits per heavy atom. The lowest BCUT2D eigenvalue weighted by Crippen LogP contribution is -2.39. The molecule has 5 heteroatoms. The Hall–Kier alpha value is -0.260. The Balaban J connectivity index is 2.07. The van der Waals surface area contributed by atoms with E-state index in [1.807, 2.05) is 0 Å². The number of nitrogens with one attached hydrogen (secondary N) is 1. The average Bonchev–Trinajstić information content (AvgIpc) is 2.70. The van der Waals surface area contributed by atoms with Crippen LogP contribution in [0.25, 0.3) is 0 Å². The van der Waals surface area contributed by atoms with E-state index in [0.29, 0.717) is 12.3 Å². The SMILES string of the molecule is OCC(F)(F)CNCC(O)CC1CCCC1. The number of rotatable bonds is 7. The molecule has 0 amide bonds. The highest BCUT2D eigenvalue weighted by Crippen LogP contribution is 2.28. The summed E-state index contributed by atoms with van der Waals surface area (Å²) in [6.45, 7) is -1.56. The zero-order valence-electron chi connectivity index (χ0n) is 9.46. The van der Waals surface area contributed by atoms with E-state index in [-0.39, 0.29) is 6.54 Å². The maximum atomic E-state index is 12.6. The highest BCUT2D eigenvalue weighted by atomic mass is 19.3. The van der Waals surface area contributed by atoms with Gasteiger partial charge in [-0.15, -0.1) is 0 Å². The van der Waals surface area contributed by atoms with Crippen LogP contribution in [-0.4, -0.2) is 41.9 Å². The summed E-state index contributed by atoms with van der Waals surface area (Å²) in [5, 5.41) is 20.4. The lowest BCUT2D eigenvalue weighted by Gasteiger charge is -2.18. The third-order valence-corrected chi connectivity index (χ3v) is 3.08. The van der Waals surface area contributed by atoms with Gasteiger partial charge in [0.15, 0.2) is 0 Å². The van der Waals surface area contributed by atoms with Gasteiger partial charge in [0.05, 0.1) is 12.6 Å². The Morgan fingerprint density at radius 1 is 1.31 bits per heavy atom. The molecule has 0 aromatic rings. The fourth-order valence-corrected chi connectivity index (χ4v) is 2.19.